The van der Waals surface area contributed by atoms with Crippen LogP contribution in [0.25, 0.3) is 11.0 Å². The van der Waals surface area contributed by atoms with E-state index in [2.05, 4.69) is 18.4 Å². The van der Waals surface area contributed by atoms with Crippen LogP contribution in [0.1, 0.15) is 59.3 Å². The molecule has 0 aliphatic rings. The third-order valence-electron chi connectivity index (χ3n) is 7.06. The molecule has 0 bridgehead atoms. The van der Waals surface area contributed by atoms with Gasteiger partial charge in [0, 0.05) is 17.7 Å². The van der Waals surface area contributed by atoms with Gasteiger partial charge in [0.15, 0.2) is 17.3 Å². The standard InChI is InChI=1S/C32H36ClN3O5/c1-20(2)15-16-35(32(38)24-12-14-28(40-5)31(41-6)30(24)33)19-29-34-25-9-7-8-10-26(25)36(29)18-23-17-22(21(3)37)11-13-27(23)39-4/h7-14,17,20H,15-16,18-19H2,1-6H3. The van der Waals surface area contributed by atoms with Crippen LogP contribution >= 0.6 is 11.6 Å². The number of hydrogen-bond donors (Lipinski definition) is 0. The van der Waals surface area contributed by atoms with E-state index in [0.29, 0.717) is 53.2 Å². The number of carbonyl (C=O) groups is 2. The van der Waals surface area contributed by atoms with Crippen LogP contribution in [-0.2, 0) is 13.1 Å². The molecule has 0 saturated heterocycles. The molecule has 0 aliphatic heterocycles. The maximum absolute atomic E-state index is 14.0. The van der Waals surface area contributed by atoms with Gasteiger partial charge in [-0.15, -0.1) is 0 Å². The van der Waals surface area contributed by atoms with E-state index in [1.807, 2.05) is 36.4 Å². The molecule has 0 unspecified atom stereocenters. The predicted molar refractivity (Wildman–Crippen MR) is 161 cm³/mol. The summed E-state index contributed by atoms with van der Waals surface area (Å²) < 4.78 is 18.5. The zero-order valence-corrected chi connectivity index (χ0v) is 25.1. The fourth-order valence-electron chi connectivity index (χ4n) is 4.78. The highest BCUT2D eigenvalue weighted by Gasteiger charge is 2.25. The Hall–Kier alpha value is -4.04. The highest BCUT2D eigenvalue weighted by Crippen LogP contribution is 2.38. The largest absolute Gasteiger partial charge is 0.496 e. The lowest BCUT2D eigenvalue weighted by molar-refractivity contribution is 0.0729. The van der Waals surface area contributed by atoms with Crippen molar-refractivity contribution in [2.45, 2.75) is 40.3 Å². The van der Waals surface area contributed by atoms with Gasteiger partial charge in [-0.2, -0.15) is 0 Å². The highest BCUT2D eigenvalue weighted by atomic mass is 35.5. The fraction of sp³-hybridized carbons (Fsp3) is 0.344. The molecule has 1 heterocycles. The smallest absolute Gasteiger partial charge is 0.255 e. The number of Topliss-reactive ketones (excluding diaryl/α,β-unsaturated/α-hetero) is 1. The fourth-order valence-corrected chi connectivity index (χ4v) is 5.09. The molecule has 0 spiro atoms. The summed E-state index contributed by atoms with van der Waals surface area (Å²) >= 11 is 6.66. The molecule has 0 N–H and O–H groups in total. The lowest BCUT2D eigenvalue weighted by Crippen LogP contribution is -2.33. The predicted octanol–water partition coefficient (Wildman–Crippen LogP) is 6.65. The van der Waals surface area contributed by atoms with Crippen LogP contribution in [0.5, 0.6) is 17.2 Å². The molecular formula is C32H36ClN3O5. The first-order valence-electron chi connectivity index (χ1n) is 13.5. The van der Waals surface area contributed by atoms with Gasteiger partial charge in [0.25, 0.3) is 5.91 Å². The molecule has 0 saturated carbocycles. The SMILES string of the molecule is COc1ccc(C(C)=O)cc1Cn1c(CN(CCC(C)C)C(=O)c2ccc(OC)c(OC)c2Cl)nc2ccccc21. The monoisotopic (exact) mass is 577 g/mol. The van der Waals surface area contributed by atoms with Crippen molar-refractivity contribution in [3.8, 4) is 17.2 Å². The Morgan fingerprint density at radius 1 is 0.976 bits per heavy atom. The first-order valence-corrected chi connectivity index (χ1v) is 13.9. The number of para-hydroxylation sites is 2. The van der Waals surface area contributed by atoms with E-state index in [9.17, 15) is 9.59 Å². The number of aromatic nitrogens is 2. The van der Waals surface area contributed by atoms with Crippen LogP contribution in [-0.4, -0.2) is 54.0 Å². The molecule has 4 rings (SSSR count). The maximum Gasteiger partial charge on any atom is 0.255 e. The number of methoxy groups -OCH3 is 3. The number of rotatable bonds is 12. The Morgan fingerprint density at radius 2 is 1.68 bits per heavy atom. The van der Waals surface area contributed by atoms with Crippen molar-refractivity contribution in [2.75, 3.05) is 27.9 Å². The topological polar surface area (TPSA) is 82.9 Å². The lowest BCUT2D eigenvalue weighted by atomic mass is 10.1. The minimum absolute atomic E-state index is 0.0260. The minimum Gasteiger partial charge on any atom is -0.496 e. The van der Waals surface area contributed by atoms with E-state index < -0.39 is 0 Å². The molecule has 1 amide bonds. The number of benzene rings is 3. The van der Waals surface area contributed by atoms with E-state index in [1.165, 1.54) is 14.2 Å². The number of hydrogen-bond acceptors (Lipinski definition) is 6. The first kappa shape index (κ1) is 29.9. The molecule has 0 fully saturated rings. The maximum atomic E-state index is 14.0. The third-order valence-corrected chi connectivity index (χ3v) is 7.44. The number of carbonyl (C=O) groups excluding carboxylic acids is 2. The summed E-state index contributed by atoms with van der Waals surface area (Å²) in [5.74, 6) is 2.26. The van der Waals surface area contributed by atoms with E-state index in [4.69, 9.17) is 30.8 Å². The summed E-state index contributed by atoms with van der Waals surface area (Å²) in [5, 5.41) is 0.200. The molecule has 4 aromatic rings. The van der Waals surface area contributed by atoms with Gasteiger partial charge < -0.3 is 23.7 Å². The molecule has 0 radical (unpaired) electrons. The molecule has 41 heavy (non-hydrogen) atoms. The number of ketones is 1. The molecule has 0 aliphatic carbocycles. The average Bonchev–Trinajstić information content (AvgIpc) is 3.30. The summed E-state index contributed by atoms with van der Waals surface area (Å²) in [4.78, 5) is 32.9. The normalized spacial score (nSPS) is 11.1. The van der Waals surface area contributed by atoms with Crippen molar-refractivity contribution in [1.29, 1.82) is 0 Å². The summed E-state index contributed by atoms with van der Waals surface area (Å²) in [6.07, 6.45) is 0.797. The summed E-state index contributed by atoms with van der Waals surface area (Å²) in [6, 6.07) is 16.6. The van der Waals surface area contributed by atoms with Gasteiger partial charge >= 0.3 is 0 Å². The Morgan fingerprint density at radius 3 is 2.34 bits per heavy atom. The zero-order chi connectivity index (χ0) is 29.7. The number of amides is 1. The number of ether oxygens (including phenoxy) is 3. The van der Waals surface area contributed by atoms with E-state index in [-0.39, 0.29) is 23.3 Å². The first-order chi connectivity index (χ1) is 19.7. The molecule has 9 heteroatoms. The van der Waals surface area contributed by atoms with E-state index in [0.717, 1.165) is 23.0 Å². The molecule has 0 atom stereocenters. The Kier molecular flexibility index (Phi) is 9.55. The second-order valence-electron chi connectivity index (χ2n) is 10.3. The van der Waals surface area contributed by atoms with Crippen LogP contribution in [0.2, 0.25) is 5.02 Å². The van der Waals surface area contributed by atoms with Crippen molar-refractivity contribution in [1.82, 2.24) is 14.5 Å². The van der Waals surface area contributed by atoms with E-state index in [1.54, 1.807) is 37.1 Å². The summed E-state index contributed by atoms with van der Waals surface area (Å²) in [5.41, 5.74) is 3.49. The molecule has 1 aromatic heterocycles. The number of nitrogens with zero attached hydrogens (tertiary/aromatic N) is 3. The quantitative estimate of drug-likeness (QED) is 0.175. The van der Waals surface area contributed by atoms with Crippen molar-refractivity contribution in [3.63, 3.8) is 0 Å². The van der Waals surface area contributed by atoms with Crippen LogP contribution in [0, 0.1) is 5.92 Å². The molecule has 3 aromatic carbocycles. The van der Waals surface area contributed by atoms with Crippen molar-refractivity contribution in [3.05, 3.63) is 82.1 Å². The minimum atomic E-state index is -0.230. The Labute approximate surface area is 245 Å². The Bertz CT molecular complexity index is 1560. The van der Waals surface area contributed by atoms with Gasteiger partial charge in [-0.25, -0.2) is 4.98 Å². The highest BCUT2D eigenvalue weighted by molar-refractivity contribution is 6.35. The lowest BCUT2D eigenvalue weighted by Gasteiger charge is -2.25. The van der Waals surface area contributed by atoms with Crippen LogP contribution in [0.4, 0.5) is 0 Å². The van der Waals surface area contributed by atoms with Gasteiger partial charge in [0.1, 0.15) is 11.6 Å². The third kappa shape index (κ3) is 6.49. The van der Waals surface area contributed by atoms with Crippen molar-refractivity contribution in [2.24, 2.45) is 5.92 Å². The van der Waals surface area contributed by atoms with Crippen molar-refractivity contribution < 1.29 is 23.8 Å². The van der Waals surface area contributed by atoms with Crippen LogP contribution in [0.3, 0.4) is 0 Å². The second kappa shape index (κ2) is 13.1. The van der Waals surface area contributed by atoms with Crippen molar-refractivity contribution >= 4 is 34.3 Å². The summed E-state index contributed by atoms with van der Waals surface area (Å²) in [7, 11) is 4.63. The van der Waals surface area contributed by atoms with Crippen LogP contribution in [0.15, 0.2) is 54.6 Å². The van der Waals surface area contributed by atoms with Crippen LogP contribution < -0.4 is 14.2 Å². The second-order valence-corrected chi connectivity index (χ2v) is 10.6. The molecular weight excluding hydrogens is 542 g/mol. The van der Waals surface area contributed by atoms with E-state index >= 15 is 0 Å². The zero-order valence-electron chi connectivity index (χ0n) is 24.4. The van der Waals surface area contributed by atoms with Gasteiger partial charge in [-0.3, -0.25) is 9.59 Å². The Balaban J connectivity index is 1.78. The van der Waals surface area contributed by atoms with Gasteiger partial charge in [0.05, 0.1) is 56.0 Å². The van der Waals surface area contributed by atoms with Gasteiger partial charge in [-0.1, -0.05) is 37.6 Å². The summed E-state index contributed by atoms with van der Waals surface area (Å²) in [6.45, 7) is 6.95. The van der Waals surface area contributed by atoms with Gasteiger partial charge in [-0.05, 0) is 61.7 Å². The average molecular weight is 578 g/mol. The number of halogens is 1. The number of fused-ring (bicyclic) bond motifs is 1. The molecule has 216 valence electrons. The van der Waals surface area contributed by atoms with Gasteiger partial charge in [0.2, 0.25) is 0 Å². The number of imidazole rings is 1. The molecule has 8 nitrogen and oxygen atoms in total.